The Labute approximate surface area is 203 Å². The third-order valence-electron chi connectivity index (χ3n) is 6.09. The number of nitrogens with zero attached hydrogens (tertiary/aromatic N) is 2. The molecule has 4 aromatic rings. The summed E-state index contributed by atoms with van der Waals surface area (Å²) in [6, 6.07) is 29.0. The van der Waals surface area contributed by atoms with Crippen LogP contribution in [0, 0.1) is 0 Å². The molecular formula is C29H23N3O3. The van der Waals surface area contributed by atoms with E-state index in [-0.39, 0.29) is 29.8 Å². The predicted molar refractivity (Wildman–Crippen MR) is 132 cm³/mol. The summed E-state index contributed by atoms with van der Waals surface area (Å²) in [5.74, 6) is -1.06. The van der Waals surface area contributed by atoms with Crippen molar-refractivity contribution in [2.45, 2.75) is 12.5 Å². The van der Waals surface area contributed by atoms with Gasteiger partial charge in [-0.3, -0.25) is 24.3 Å². The molecule has 35 heavy (non-hydrogen) atoms. The van der Waals surface area contributed by atoms with Gasteiger partial charge in [-0.25, -0.2) is 0 Å². The van der Waals surface area contributed by atoms with Gasteiger partial charge in [0, 0.05) is 18.3 Å². The fourth-order valence-corrected chi connectivity index (χ4v) is 4.26. The van der Waals surface area contributed by atoms with Crippen LogP contribution in [0.3, 0.4) is 0 Å². The van der Waals surface area contributed by atoms with Crippen LogP contribution >= 0.6 is 0 Å². The van der Waals surface area contributed by atoms with Gasteiger partial charge in [0.1, 0.15) is 0 Å². The smallest absolute Gasteiger partial charge is 0.261 e. The van der Waals surface area contributed by atoms with Gasteiger partial charge in [-0.1, -0.05) is 66.7 Å². The van der Waals surface area contributed by atoms with Gasteiger partial charge >= 0.3 is 0 Å². The maximum Gasteiger partial charge on any atom is 0.261 e. The number of fused-ring (bicyclic) bond motifs is 1. The summed E-state index contributed by atoms with van der Waals surface area (Å²) < 4.78 is 0. The van der Waals surface area contributed by atoms with Crippen molar-refractivity contribution >= 4 is 17.7 Å². The van der Waals surface area contributed by atoms with Crippen LogP contribution in [0.1, 0.15) is 53.9 Å². The SMILES string of the molecule is O=C(NC(c1ccccc1)c1ccccn1)c1ccc2c(c1)C(=O)N(CCc1ccccc1)C2=O. The number of pyridine rings is 1. The third kappa shape index (κ3) is 4.59. The Kier molecular flexibility index (Phi) is 6.18. The lowest BCUT2D eigenvalue weighted by Gasteiger charge is -2.19. The Balaban J connectivity index is 1.36. The van der Waals surface area contributed by atoms with Crippen molar-refractivity contribution in [3.05, 3.63) is 137 Å². The van der Waals surface area contributed by atoms with Gasteiger partial charge < -0.3 is 5.32 Å². The first kappa shape index (κ1) is 22.2. The number of nitrogens with one attached hydrogen (secondary N) is 1. The largest absolute Gasteiger partial charge is 0.340 e. The molecule has 0 fully saturated rings. The molecule has 1 aliphatic heterocycles. The third-order valence-corrected chi connectivity index (χ3v) is 6.09. The molecule has 2 heterocycles. The quantitative estimate of drug-likeness (QED) is 0.413. The molecule has 6 nitrogen and oxygen atoms in total. The summed E-state index contributed by atoms with van der Waals surface area (Å²) in [6.45, 7) is 0.285. The zero-order chi connectivity index (χ0) is 24.2. The molecule has 1 N–H and O–H groups in total. The fraction of sp³-hybridized carbons (Fsp3) is 0.103. The molecule has 3 aromatic carbocycles. The van der Waals surface area contributed by atoms with Crippen molar-refractivity contribution in [2.75, 3.05) is 6.54 Å². The van der Waals surface area contributed by atoms with E-state index in [0.29, 0.717) is 23.2 Å². The molecule has 3 amide bonds. The minimum absolute atomic E-state index is 0.254. The Hall–Kier alpha value is -4.58. The molecular weight excluding hydrogens is 438 g/mol. The summed E-state index contributed by atoms with van der Waals surface area (Å²) in [5, 5.41) is 3.03. The Bertz CT molecular complexity index is 1330. The first-order chi connectivity index (χ1) is 17.1. The van der Waals surface area contributed by atoms with E-state index in [1.165, 1.54) is 11.0 Å². The Morgan fingerprint density at radius 3 is 2.20 bits per heavy atom. The Morgan fingerprint density at radius 2 is 1.49 bits per heavy atom. The number of benzene rings is 3. The molecule has 6 heteroatoms. The number of amides is 3. The van der Waals surface area contributed by atoms with Crippen LogP contribution in [-0.2, 0) is 6.42 Å². The minimum atomic E-state index is -0.460. The van der Waals surface area contributed by atoms with E-state index in [2.05, 4.69) is 10.3 Å². The molecule has 1 unspecified atom stereocenters. The maximum absolute atomic E-state index is 13.2. The average Bonchev–Trinajstić information content (AvgIpc) is 3.16. The van der Waals surface area contributed by atoms with Crippen molar-refractivity contribution in [3.8, 4) is 0 Å². The first-order valence-electron chi connectivity index (χ1n) is 11.4. The zero-order valence-corrected chi connectivity index (χ0v) is 18.9. The number of carbonyl (C=O) groups is 3. The lowest BCUT2D eigenvalue weighted by Crippen LogP contribution is -2.31. The summed E-state index contributed by atoms with van der Waals surface area (Å²) >= 11 is 0. The normalized spacial score (nSPS) is 13.4. The van der Waals surface area contributed by atoms with Crippen molar-refractivity contribution in [2.24, 2.45) is 0 Å². The fourth-order valence-electron chi connectivity index (χ4n) is 4.26. The van der Waals surface area contributed by atoms with Gasteiger partial charge in [-0.2, -0.15) is 0 Å². The van der Waals surface area contributed by atoms with Crippen molar-refractivity contribution in [1.29, 1.82) is 0 Å². The molecule has 1 aromatic heterocycles. The summed E-state index contributed by atoms with van der Waals surface area (Å²) in [5.41, 5.74) is 3.52. The molecule has 0 radical (unpaired) electrons. The Morgan fingerprint density at radius 1 is 0.800 bits per heavy atom. The number of aromatic nitrogens is 1. The number of hydrogen-bond acceptors (Lipinski definition) is 4. The maximum atomic E-state index is 13.2. The van der Waals surface area contributed by atoms with Gasteiger partial charge in [0.25, 0.3) is 17.7 Å². The van der Waals surface area contributed by atoms with E-state index >= 15 is 0 Å². The molecule has 0 saturated carbocycles. The molecule has 5 rings (SSSR count). The zero-order valence-electron chi connectivity index (χ0n) is 18.9. The van der Waals surface area contributed by atoms with E-state index in [1.54, 1.807) is 18.3 Å². The van der Waals surface area contributed by atoms with E-state index < -0.39 is 6.04 Å². The molecule has 0 bridgehead atoms. The lowest BCUT2D eigenvalue weighted by atomic mass is 10.0. The molecule has 0 aliphatic carbocycles. The second kappa shape index (κ2) is 9.73. The van der Waals surface area contributed by atoms with Crippen molar-refractivity contribution < 1.29 is 14.4 Å². The van der Waals surface area contributed by atoms with Gasteiger partial charge in [0.2, 0.25) is 0 Å². The van der Waals surface area contributed by atoms with E-state index in [1.807, 2.05) is 78.9 Å². The van der Waals surface area contributed by atoms with E-state index in [9.17, 15) is 14.4 Å². The van der Waals surface area contributed by atoms with Gasteiger partial charge in [0.15, 0.2) is 0 Å². The van der Waals surface area contributed by atoms with Gasteiger partial charge in [-0.15, -0.1) is 0 Å². The van der Waals surface area contributed by atoms with Crippen molar-refractivity contribution in [3.63, 3.8) is 0 Å². The van der Waals surface area contributed by atoms with Gasteiger partial charge in [-0.05, 0) is 47.9 Å². The minimum Gasteiger partial charge on any atom is -0.340 e. The number of carbonyl (C=O) groups excluding carboxylic acids is 3. The van der Waals surface area contributed by atoms with Gasteiger partial charge in [0.05, 0.1) is 22.9 Å². The van der Waals surface area contributed by atoms with Crippen LogP contribution < -0.4 is 5.32 Å². The number of hydrogen-bond donors (Lipinski definition) is 1. The van der Waals surface area contributed by atoms with Crippen LogP contribution in [0.15, 0.2) is 103 Å². The highest BCUT2D eigenvalue weighted by Gasteiger charge is 2.35. The molecule has 1 atom stereocenters. The monoisotopic (exact) mass is 461 g/mol. The molecule has 1 aliphatic rings. The highest BCUT2D eigenvalue weighted by Crippen LogP contribution is 2.26. The van der Waals surface area contributed by atoms with E-state index in [4.69, 9.17) is 0 Å². The highest BCUT2D eigenvalue weighted by atomic mass is 16.2. The number of imide groups is 1. The molecule has 0 saturated heterocycles. The number of rotatable bonds is 7. The van der Waals surface area contributed by atoms with Crippen LogP contribution in [0.5, 0.6) is 0 Å². The predicted octanol–water partition coefficient (Wildman–Crippen LogP) is 4.44. The van der Waals surface area contributed by atoms with Crippen LogP contribution in [0.2, 0.25) is 0 Å². The van der Waals surface area contributed by atoms with Crippen LogP contribution in [-0.4, -0.2) is 34.2 Å². The lowest BCUT2D eigenvalue weighted by molar-refractivity contribution is 0.0656. The molecule has 0 spiro atoms. The summed E-state index contributed by atoms with van der Waals surface area (Å²) in [7, 11) is 0. The standard InChI is InChI=1S/C29H23N3O3/c33-27(31-26(21-11-5-2-6-12-21)25-13-7-8-17-30-25)22-14-15-23-24(19-22)29(35)32(28(23)34)18-16-20-9-3-1-4-10-20/h1-15,17,19,26H,16,18H2,(H,31,33). The average molecular weight is 462 g/mol. The second-order valence-electron chi connectivity index (χ2n) is 8.33. The molecule has 172 valence electrons. The topological polar surface area (TPSA) is 79.4 Å². The van der Waals surface area contributed by atoms with Crippen molar-refractivity contribution in [1.82, 2.24) is 15.2 Å². The summed E-state index contributed by atoms with van der Waals surface area (Å²) in [6.07, 6.45) is 2.25. The second-order valence-corrected chi connectivity index (χ2v) is 8.33. The van der Waals surface area contributed by atoms with Crippen LogP contribution in [0.4, 0.5) is 0 Å². The summed E-state index contributed by atoms with van der Waals surface area (Å²) in [4.78, 5) is 44.8. The van der Waals surface area contributed by atoms with E-state index in [0.717, 1.165) is 11.1 Å². The van der Waals surface area contributed by atoms with Crippen LogP contribution in [0.25, 0.3) is 0 Å². The highest BCUT2D eigenvalue weighted by molar-refractivity contribution is 6.22. The first-order valence-corrected chi connectivity index (χ1v) is 11.4.